The van der Waals surface area contributed by atoms with Crippen LogP contribution in [-0.2, 0) is 4.79 Å². The van der Waals surface area contributed by atoms with Crippen molar-refractivity contribution in [1.82, 2.24) is 0 Å². The molecule has 1 aliphatic heterocycles. The highest BCUT2D eigenvalue weighted by Gasteiger charge is 2.21. The van der Waals surface area contributed by atoms with Crippen molar-refractivity contribution in [3.8, 4) is 5.75 Å². The van der Waals surface area contributed by atoms with Crippen molar-refractivity contribution in [2.75, 3.05) is 24.0 Å². The van der Waals surface area contributed by atoms with E-state index in [-0.39, 0.29) is 12.5 Å². The number of nitrogens with one attached hydrogen (secondary N) is 1. The standard InChI is InChI=1S/C9H11N3O2/c1-12-7-4-6(11-10)2-3-8(7)14-5-9(12)13/h2-4,11H,5,10H2,1H3. The number of hydrogen-bond acceptors (Lipinski definition) is 4. The van der Waals surface area contributed by atoms with Crippen molar-refractivity contribution < 1.29 is 9.53 Å². The average Bonchev–Trinajstić information content (AvgIpc) is 2.23. The van der Waals surface area contributed by atoms with Gasteiger partial charge in [-0.25, -0.2) is 0 Å². The summed E-state index contributed by atoms with van der Waals surface area (Å²) >= 11 is 0. The second-order valence-corrected chi connectivity index (χ2v) is 3.07. The number of nitrogens with zero attached hydrogens (tertiary/aromatic N) is 1. The second-order valence-electron chi connectivity index (χ2n) is 3.07. The molecule has 74 valence electrons. The third-order valence-corrected chi connectivity index (χ3v) is 2.21. The Labute approximate surface area is 81.4 Å². The Morgan fingerprint density at radius 3 is 3.07 bits per heavy atom. The molecule has 0 fully saturated rings. The molecule has 0 spiro atoms. The number of amides is 1. The minimum Gasteiger partial charge on any atom is -0.482 e. The van der Waals surface area contributed by atoms with Crippen LogP contribution in [0.5, 0.6) is 5.75 Å². The average molecular weight is 193 g/mol. The van der Waals surface area contributed by atoms with Gasteiger partial charge in [0.05, 0.1) is 11.4 Å². The number of likely N-dealkylation sites (N-methyl/N-ethyl adjacent to an activating group) is 1. The van der Waals surface area contributed by atoms with Gasteiger partial charge in [-0.3, -0.25) is 10.6 Å². The van der Waals surface area contributed by atoms with Crippen molar-refractivity contribution in [3.63, 3.8) is 0 Å². The summed E-state index contributed by atoms with van der Waals surface area (Å²) in [5.41, 5.74) is 4.00. The second kappa shape index (κ2) is 3.19. The Kier molecular flexibility index (Phi) is 2.01. The number of hydrazine groups is 1. The molecule has 2 rings (SSSR count). The van der Waals surface area contributed by atoms with Crippen LogP contribution in [0.15, 0.2) is 18.2 Å². The van der Waals surface area contributed by atoms with Crippen LogP contribution in [0.1, 0.15) is 0 Å². The summed E-state index contributed by atoms with van der Waals surface area (Å²) in [5.74, 6) is 5.91. The zero-order valence-electron chi connectivity index (χ0n) is 7.78. The van der Waals surface area contributed by atoms with E-state index < -0.39 is 0 Å². The third kappa shape index (κ3) is 1.27. The molecule has 0 saturated carbocycles. The molecule has 0 bridgehead atoms. The fraction of sp³-hybridized carbons (Fsp3) is 0.222. The third-order valence-electron chi connectivity index (χ3n) is 2.21. The molecule has 1 aromatic rings. The summed E-state index contributed by atoms with van der Waals surface area (Å²) in [5, 5.41) is 0. The van der Waals surface area contributed by atoms with Crippen LogP contribution in [0.4, 0.5) is 11.4 Å². The van der Waals surface area contributed by atoms with Gasteiger partial charge >= 0.3 is 0 Å². The van der Waals surface area contributed by atoms with Gasteiger partial charge in [-0.05, 0) is 18.2 Å². The lowest BCUT2D eigenvalue weighted by Gasteiger charge is -2.26. The molecule has 0 aromatic heterocycles. The number of hydrogen-bond donors (Lipinski definition) is 2. The molecule has 0 aliphatic carbocycles. The fourth-order valence-corrected chi connectivity index (χ4v) is 1.36. The molecule has 5 nitrogen and oxygen atoms in total. The lowest BCUT2D eigenvalue weighted by molar-refractivity contribution is -0.120. The summed E-state index contributed by atoms with van der Waals surface area (Å²) in [4.78, 5) is 12.9. The number of nitrogens with two attached hydrogens (primary N) is 1. The van der Waals surface area contributed by atoms with Gasteiger partial charge in [0.1, 0.15) is 5.75 Å². The maximum atomic E-state index is 11.3. The first kappa shape index (κ1) is 8.83. The SMILES string of the molecule is CN1C(=O)COc2ccc(NN)cc21. The molecule has 1 aromatic carbocycles. The van der Waals surface area contributed by atoms with E-state index in [0.717, 1.165) is 11.4 Å². The predicted molar refractivity (Wildman–Crippen MR) is 53.2 cm³/mol. The van der Waals surface area contributed by atoms with Crippen molar-refractivity contribution in [2.24, 2.45) is 5.84 Å². The van der Waals surface area contributed by atoms with E-state index in [4.69, 9.17) is 10.6 Å². The van der Waals surface area contributed by atoms with Gasteiger partial charge in [-0.2, -0.15) is 0 Å². The van der Waals surface area contributed by atoms with E-state index in [1.54, 1.807) is 30.1 Å². The molecule has 5 heteroatoms. The summed E-state index contributed by atoms with van der Waals surface area (Å²) in [7, 11) is 1.71. The summed E-state index contributed by atoms with van der Waals surface area (Å²) < 4.78 is 5.25. The Balaban J connectivity index is 2.46. The molecular formula is C9H11N3O2. The lowest BCUT2D eigenvalue weighted by atomic mass is 10.2. The van der Waals surface area contributed by atoms with Crippen LogP contribution in [0.2, 0.25) is 0 Å². The number of benzene rings is 1. The highest BCUT2D eigenvalue weighted by atomic mass is 16.5. The maximum absolute atomic E-state index is 11.3. The molecule has 1 aliphatic rings. The highest BCUT2D eigenvalue weighted by Crippen LogP contribution is 2.33. The van der Waals surface area contributed by atoms with E-state index in [1.165, 1.54) is 0 Å². The monoisotopic (exact) mass is 193 g/mol. The van der Waals surface area contributed by atoms with Crippen molar-refractivity contribution in [3.05, 3.63) is 18.2 Å². The van der Waals surface area contributed by atoms with Crippen LogP contribution >= 0.6 is 0 Å². The van der Waals surface area contributed by atoms with Crippen LogP contribution < -0.4 is 20.9 Å². The molecular weight excluding hydrogens is 182 g/mol. The van der Waals surface area contributed by atoms with Crippen LogP contribution in [0, 0.1) is 0 Å². The number of fused-ring (bicyclic) bond motifs is 1. The van der Waals surface area contributed by atoms with Gasteiger partial charge in [0.15, 0.2) is 6.61 Å². The first-order valence-electron chi connectivity index (χ1n) is 4.22. The van der Waals surface area contributed by atoms with Gasteiger partial charge in [0, 0.05) is 7.05 Å². The summed E-state index contributed by atoms with van der Waals surface area (Å²) in [6, 6.07) is 5.35. The van der Waals surface area contributed by atoms with Crippen LogP contribution in [-0.4, -0.2) is 19.6 Å². The van der Waals surface area contributed by atoms with Crippen molar-refractivity contribution in [2.45, 2.75) is 0 Å². The van der Waals surface area contributed by atoms with Gasteiger partial charge in [-0.1, -0.05) is 0 Å². The van der Waals surface area contributed by atoms with Crippen LogP contribution in [0.25, 0.3) is 0 Å². The smallest absolute Gasteiger partial charge is 0.264 e. The quantitative estimate of drug-likeness (QED) is 0.498. The molecule has 0 atom stereocenters. The van der Waals surface area contributed by atoms with E-state index in [1.807, 2.05) is 0 Å². The first-order valence-corrected chi connectivity index (χ1v) is 4.22. The lowest BCUT2D eigenvalue weighted by Crippen LogP contribution is -2.35. The van der Waals surface area contributed by atoms with Crippen LogP contribution in [0.3, 0.4) is 0 Å². The largest absolute Gasteiger partial charge is 0.482 e. The molecule has 0 radical (unpaired) electrons. The number of carbonyl (C=O) groups excluding carboxylic acids is 1. The molecule has 14 heavy (non-hydrogen) atoms. The molecule has 0 saturated heterocycles. The number of nitrogen functional groups attached to an aromatic ring is 1. The van der Waals surface area contributed by atoms with Gasteiger partial charge < -0.3 is 15.1 Å². The highest BCUT2D eigenvalue weighted by molar-refractivity contribution is 5.97. The number of ether oxygens (including phenoxy) is 1. The predicted octanol–water partition coefficient (Wildman–Crippen LogP) is 0.327. The normalized spacial score (nSPS) is 14.7. The molecule has 1 amide bonds. The van der Waals surface area contributed by atoms with E-state index >= 15 is 0 Å². The number of rotatable bonds is 1. The topological polar surface area (TPSA) is 67.6 Å². The summed E-state index contributed by atoms with van der Waals surface area (Å²) in [6.45, 7) is 0.0961. The Morgan fingerprint density at radius 2 is 2.36 bits per heavy atom. The van der Waals surface area contributed by atoms with E-state index in [0.29, 0.717) is 5.75 Å². The van der Waals surface area contributed by atoms with Gasteiger partial charge in [0.2, 0.25) is 0 Å². The molecule has 1 heterocycles. The van der Waals surface area contributed by atoms with Crippen molar-refractivity contribution in [1.29, 1.82) is 0 Å². The van der Waals surface area contributed by atoms with E-state index in [2.05, 4.69) is 5.43 Å². The zero-order chi connectivity index (χ0) is 10.1. The first-order chi connectivity index (χ1) is 6.72. The Bertz CT molecular complexity index is 378. The Hall–Kier alpha value is -1.75. The summed E-state index contributed by atoms with van der Waals surface area (Å²) in [6.07, 6.45) is 0. The molecule has 3 N–H and O–H groups in total. The number of carbonyl (C=O) groups is 1. The minimum atomic E-state index is -0.0633. The number of anilines is 2. The minimum absolute atomic E-state index is 0.0633. The van der Waals surface area contributed by atoms with Crippen molar-refractivity contribution >= 4 is 17.3 Å². The maximum Gasteiger partial charge on any atom is 0.264 e. The zero-order valence-corrected chi connectivity index (χ0v) is 7.78. The van der Waals surface area contributed by atoms with Gasteiger partial charge in [0.25, 0.3) is 5.91 Å². The van der Waals surface area contributed by atoms with E-state index in [9.17, 15) is 4.79 Å². The Morgan fingerprint density at radius 1 is 1.57 bits per heavy atom. The van der Waals surface area contributed by atoms with Gasteiger partial charge in [-0.15, -0.1) is 0 Å². The molecule has 0 unspecified atom stereocenters. The fourth-order valence-electron chi connectivity index (χ4n) is 1.36.